The Kier molecular flexibility index (Phi) is 7.07. The van der Waals surface area contributed by atoms with E-state index in [1.165, 1.54) is 7.11 Å². The first-order chi connectivity index (χ1) is 9.01. The highest BCUT2D eigenvalue weighted by Crippen LogP contribution is 2.25. The first-order valence-electron chi connectivity index (χ1n) is 6.62. The second kappa shape index (κ2) is 8.04. The molecule has 112 valence electrons. The van der Waals surface area contributed by atoms with Crippen LogP contribution in [0.25, 0.3) is 0 Å². The van der Waals surface area contributed by atoms with E-state index >= 15 is 0 Å². The zero-order valence-electron chi connectivity index (χ0n) is 11.6. The van der Waals surface area contributed by atoms with Gasteiger partial charge in [0.25, 0.3) is 5.79 Å². The summed E-state index contributed by atoms with van der Waals surface area (Å²) < 4.78 is 15.6. The Hall–Kier alpha value is -0.360. The molecule has 1 N–H and O–H groups in total. The average Bonchev–Trinajstić information content (AvgIpc) is 2.44. The van der Waals surface area contributed by atoms with Crippen molar-refractivity contribution in [3.8, 4) is 0 Å². The molecule has 1 heterocycles. The van der Waals surface area contributed by atoms with Gasteiger partial charge in [0.15, 0.2) is 0 Å². The molecule has 0 saturated carbocycles. The fraction of sp³-hybridized carbons (Fsp3) is 0.923. The van der Waals surface area contributed by atoms with Crippen LogP contribution < -0.4 is 0 Å². The van der Waals surface area contributed by atoms with Crippen molar-refractivity contribution in [1.82, 2.24) is 0 Å². The maximum atomic E-state index is 11.5. The smallest absolute Gasteiger partial charge is 0.366 e. The minimum Gasteiger partial charge on any atom is -0.465 e. The number of unbranched alkanes of at least 4 members (excludes halogenated alkanes) is 1. The maximum absolute atomic E-state index is 11.5. The van der Waals surface area contributed by atoms with Crippen LogP contribution in [0.3, 0.4) is 0 Å². The van der Waals surface area contributed by atoms with Gasteiger partial charge in [-0.2, -0.15) is 0 Å². The van der Waals surface area contributed by atoms with E-state index in [2.05, 4.69) is 4.74 Å². The zero-order chi connectivity index (χ0) is 14.3. The number of alkyl halides is 1. The Morgan fingerprint density at radius 3 is 2.63 bits per heavy atom. The van der Waals surface area contributed by atoms with Crippen molar-refractivity contribution in [2.75, 3.05) is 26.2 Å². The number of methoxy groups -OCH3 is 1. The Balaban J connectivity index is 2.18. The molecule has 0 spiro atoms. The van der Waals surface area contributed by atoms with Crippen molar-refractivity contribution >= 4 is 17.6 Å². The lowest BCUT2D eigenvalue weighted by molar-refractivity contribution is -0.272. The van der Waals surface area contributed by atoms with Crippen molar-refractivity contribution in [3.63, 3.8) is 0 Å². The van der Waals surface area contributed by atoms with Crippen LogP contribution in [0.5, 0.6) is 0 Å². The summed E-state index contributed by atoms with van der Waals surface area (Å²) in [4.78, 5) is 11.5. The fourth-order valence-corrected chi connectivity index (χ4v) is 2.16. The van der Waals surface area contributed by atoms with Crippen molar-refractivity contribution < 1.29 is 24.1 Å². The first-order valence-corrected chi connectivity index (χ1v) is 7.15. The van der Waals surface area contributed by atoms with Gasteiger partial charge in [-0.15, -0.1) is 11.6 Å². The van der Waals surface area contributed by atoms with Crippen molar-refractivity contribution in [2.24, 2.45) is 5.92 Å². The Bertz CT molecular complexity index is 276. The Morgan fingerprint density at radius 2 is 2.11 bits per heavy atom. The van der Waals surface area contributed by atoms with Gasteiger partial charge in [-0.1, -0.05) is 12.8 Å². The van der Waals surface area contributed by atoms with E-state index in [1.807, 2.05) is 0 Å². The van der Waals surface area contributed by atoms with Crippen LogP contribution in [-0.2, 0) is 19.0 Å². The Labute approximate surface area is 119 Å². The van der Waals surface area contributed by atoms with E-state index < -0.39 is 17.9 Å². The number of carbonyl (C=O) groups excluding carboxylic acids is 1. The predicted molar refractivity (Wildman–Crippen MR) is 71.0 cm³/mol. The molecule has 0 bridgehead atoms. The van der Waals surface area contributed by atoms with E-state index in [0.717, 1.165) is 25.7 Å². The Morgan fingerprint density at radius 1 is 1.47 bits per heavy atom. The van der Waals surface area contributed by atoms with Crippen molar-refractivity contribution in [2.45, 2.75) is 44.5 Å². The number of halogens is 1. The van der Waals surface area contributed by atoms with Crippen molar-refractivity contribution in [3.05, 3.63) is 0 Å². The van der Waals surface area contributed by atoms with Gasteiger partial charge in [-0.25, -0.2) is 4.79 Å². The van der Waals surface area contributed by atoms with Gasteiger partial charge in [-0.05, 0) is 12.8 Å². The molecule has 0 aromatic heterocycles. The third kappa shape index (κ3) is 5.26. The summed E-state index contributed by atoms with van der Waals surface area (Å²) in [5, 5.41) is 9.32. The monoisotopic (exact) mass is 294 g/mol. The van der Waals surface area contributed by atoms with Crippen LogP contribution in [0, 0.1) is 5.92 Å². The molecule has 0 aromatic rings. The molecule has 6 heteroatoms. The second-order valence-corrected chi connectivity index (χ2v) is 5.33. The lowest BCUT2D eigenvalue weighted by Crippen LogP contribution is -2.48. The third-order valence-electron chi connectivity index (χ3n) is 3.32. The van der Waals surface area contributed by atoms with Crippen LogP contribution in [0.4, 0.5) is 0 Å². The molecule has 1 saturated heterocycles. The molecule has 1 aliphatic heterocycles. The summed E-state index contributed by atoms with van der Waals surface area (Å²) in [6, 6.07) is 0. The number of carbonyl (C=O) groups is 1. The summed E-state index contributed by atoms with van der Waals surface area (Å²) in [7, 11) is 1.31. The number of aliphatic hydroxyl groups excluding tert-OH is 1. The van der Waals surface area contributed by atoms with Gasteiger partial charge < -0.3 is 19.3 Å². The number of esters is 1. The highest BCUT2D eigenvalue weighted by Gasteiger charge is 2.41. The minimum atomic E-state index is -1.26. The van der Waals surface area contributed by atoms with E-state index in [-0.39, 0.29) is 11.8 Å². The molecule has 1 unspecified atom stereocenters. The van der Waals surface area contributed by atoms with Gasteiger partial charge in [-0.3, -0.25) is 0 Å². The van der Waals surface area contributed by atoms with E-state index in [1.54, 1.807) is 6.92 Å². The second-order valence-electron chi connectivity index (χ2n) is 5.02. The fourth-order valence-electron chi connectivity index (χ4n) is 2.00. The molecule has 0 radical (unpaired) electrons. The molecule has 0 aliphatic carbocycles. The highest BCUT2D eigenvalue weighted by molar-refractivity contribution is 6.18. The van der Waals surface area contributed by atoms with Crippen LogP contribution in [-0.4, -0.2) is 49.2 Å². The molecule has 0 aromatic carbocycles. The molecule has 5 nitrogen and oxygen atoms in total. The lowest BCUT2D eigenvalue weighted by Gasteiger charge is -2.35. The minimum absolute atomic E-state index is 0.283. The summed E-state index contributed by atoms with van der Waals surface area (Å²) >= 11 is 5.52. The number of rotatable bonds is 7. The van der Waals surface area contributed by atoms with Crippen LogP contribution in [0.2, 0.25) is 0 Å². The summed E-state index contributed by atoms with van der Waals surface area (Å²) in [6.07, 6.45) is 3.17. The number of aliphatic hydroxyl groups is 1. The molecule has 1 fully saturated rings. The summed E-state index contributed by atoms with van der Waals surface area (Å²) in [6.45, 7) is 2.55. The molecular weight excluding hydrogens is 272 g/mol. The van der Waals surface area contributed by atoms with Gasteiger partial charge in [0, 0.05) is 18.7 Å². The predicted octanol–water partition coefficient (Wildman–Crippen LogP) is 1.70. The van der Waals surface area contributed by atoms with Gasteiger partial charge >= 0.3 is 5.97 Å². The van der Waals surface area contributed by atoms with Crippen molar-refractivity contribution in [1.29, 1.82) is 0 Å². The number of hydrogen-bond donors (Lipinski definition) is 1. The van der Waals surface area contributed by atoms with Gasteiger partial charge in [0.2, 0.25) is 0 Å². The molecular formula is C13H23ClO5. The molecule has 0 amide bonds. The third-order valence-corrected chi connectivity index (χ3v) is 3.68. The number of ether oxygens (including phenoxy) is 3. The SMILES string of the molecule is COC(=O)[C@]1(C)OC[C@H](CCCCC(O)CCl)CO1. The normalized spacial score (nSPS) is 28.9. The average molecular weight is 295 g/mol. The van der Waals surface area contributed by atoms with Gasteiger partial charge in [0.1, 0.15) is 0 Å². The summed E-state index contributed by atoms with van der Waals surface area (Å²) in [5.74, 6) is -1.20. The molecule has 1 aliphatic rings. The van der Waals surface area contributed by atoms with Crippen LogP contribution >= 0.6 is 11.6 Å². The number of hydrogen-bond acceptors (Lipinski definition) is 5. The lowest BCUT2D eigenvalue weighted by atomic mass is 10.0. The molecule has 1 rings (SSSR count). The van der Waals surface area contributed by atoms with Crippen LogP contribution in [0.15, 0.2) is 0 Å². The standard InChI is InChI=1S/C13H23ClO5/c1-13(12(16)17-2)18-8-10(9-19-13)5-3-4-6-11(15)7-14/h10-11,15H,3-9H2,1-2H3/t10-,11?,13+. The quantitative estimate of drug-likeness (QED) is 0.440. The first kappa shape index (κ1) is 16.7. The topological polar surface area (TPSA) is 65.0 Å². The molecule has 1 atom stereocenters. The zero-order valence-corrected chi connectivity index (χ0v) is 12.3. The van der Waals surface area contributed by atoms with Crippen LogP contribution in [0.1, 0.15) is 32.6 Å². The highest BCUT2D eigenvalue weighted by atomic mass is 35.5. The molecule has 19 heavy (non-hydrogen) atoms. The summed E-state index contributed by atoms with van der Waals surface area (Å²) in [5.41, 5.74) is 0. The van der Waals surface area contributed by atoms with E-state index in [0.29, 0.717) is 13.2 Å². The maximum Gasteiger partial charge on any atom is 0.366 e. The van der Waals surface area contributed by atoms with E-state index in [9.17, 15) is 9.90 Å². The van der Waals surface area contributed by atoms with E-state index in [4.69, 9.17) is 21.1 Å². The largest absolute Gasteiger partial charge is 0.465 e. The van der Waals surface area contributed by atoms with Gasteiger partial charge in [0.05, 0.1) is 26.4 Å².